The molecule has 0 saturated carbocycles. The van der Waals surface area contributed by atoms with Crippen molar-refractivity contribution in [1.29, 1.82) is 0 Å². The highest BCUT2D eigenvalue weighted by atomic mass is 16.7. The van der Waals surface area contributed by atoms with Gasteiger partial charge in [-0.3, -0.25) is 0 Å². The molecule has 0 fully saturated rings. The zero-order valence-electron chi connectivity index (χ0n) is 10.7. The van der Waals surface area contributed by atoms with Crippen LogP contribution in [-0.4, -0.2) is 37.2 Å². The summed E-state index contributed by atoms with van der Waals surface area (Å²) in [5.41, 5.74) is -0.896. The molecule has 5 heteroatoms. The number of hydrogen-bond acceptors (Lipinski definition) is 5. The van der Waals surface area contributed by atoms with E-state index in [9.17, 15) is 5.11 Å². The molecule has 2 N–H and O–H groups in total. The van der Waals surface area contributed by atoms with Gasteiger partial charge >= 0.3 is 0 Å². The highest BCUT2D eigenvalue weighted by Crippen LogP contribution is 2.35. The molecule has 0 saturated heterocycles. The fourth-order valence-corrected chi connectivity index (χ4v) is 1.65. The number of rotatable bonds is 6. The first-order valence-corrected chi connectivity index (χ1v) is 6.06. The van der Waals surface area contributed by atoms with Crippen LogP contribution in [0.2, 0.25) is 0 Å². The summed E-state index contributed by atoms with van der Waals surface area (Å²) in [6.45, 7) is 5.52. The second kappa shape index (κ2) is 5.46. The van der Waals surface area contributed by atoms with Gasteiger partial charge in [-0.15, -0.1) is 0 Å². The van der Waals surface area contributed by atoms with Crippen LogP contribution in [0.3, 0.4) is 0 Å². The van der Waals surface area contributed by atoms with Crippen molar-refractivity contribution in [2.24, 2.45) is 0 Å². The third-order valence-corrected chi connectivity index (χ3v) is 2.65. The molecule has 1 aromatic rings. The molecule has 18 heavy (non-hydrogen) atoms. The summed E-state index contributed by atoms with van der Waals surface area (Å²) >= 11 is 0. The summed E-state index contributed by atoms with van der Waals surface area (Å²) in [6.07, 6.45) is 0. The van der Waals surface area contributed by atoms with Crippen LogP contribution in [0, 0.1) is 0 Å². The van der Waals surface area contributed by atoms with Gasteiger partial charge in [0.25, 0.3) is 0 Å². The Labute approximate surface area is 107 Å². The van der Waals surface area contributed by atoms with E-state index in [1.165, 1.54) is 0 Å². The SMILES string of the molecule is CCNCC(C)(O)COc1ccc2c(c1)OCO2. The Morgan fingerprint density at radius 3 is 2.94 bits per heavy atom. The summed E-state index contributed by atoms with van der Waals surface area (Å²) in [5, 5.41) is 13.1. The number of nitrogens with one attached hydrogen (secondary N) is 1. The highest BCUT2D eigenvalue weighted by Gasteiger charge is 2.21. The van der Waals surface area contributed by atoms with Gasteiger partial charge in [0.1, 0.15) is 18.0 Å². The van der Waals surface area contributed by atoms with Crippen LogP contribution < -0.4 is 19.5 Å². The Morgan fingerprint density at radius 2 is 2.17 bits per heavy atom. The predicted molar refractivity (Wildman–Crippen MR) is 67.2 cm³/mol. The normalized spacial score (nSPS) is 16.4. The maximum atomic E-state index is 10.1. The van der Waals surface area contributed by atoms with Crippen molar-refractivity contribution in [3.8, 4) is 17.2 Å². The minimum atomic E-state index is -0.896. The number of benzene rings is 1. The van der Waals surface area contributed by atoms with Gasteiger partial charge in [0.2, 0.25) is 6.79 Å². The quantitative estimate of drug-likeness (QED) is 0.796. The van der Waals surface area contributed by atoms with E-state index in [-0.39, 0.29) is 13.4 Å². The maximum absolute atomic E-state index is 10.1. The minimum absolute atomic E-state index is 0.222. The van der Waals surface area contributed by atoms with Crippen LogP contribution in [0.15, 0.2) is 18.2 Å². The molecule has 1 aliphatic heterocycles. The molecule has 5 nitrogen and oxygen atoms in total. The van der Waals surface area contributed by atoms with Crippen LogP contribution in [0.25, 0.3) is 0 Å². The van der Waals surface area contributed by atoms with E-state index in [0.717, 1.165) is 12.3 Å². The van der Waals surface area contributed by atoms with Gasteiger partial charge in [-0.2, -0.15) is 0 Å². The molecule has 0 bridgehead atoms. The number of fused-ring (bicyclic) bond motifs is 1. The van der Waals surface area contributed by atoms with Crippen molar-refractivity contribution >= 4 is 0 Å². The van der Waals surface area contributed by atoms with Gasteiger partial charge in [0, 0.05) is 12.6 Å². The molecule has 0 spiro atoms. The van der Waals surface area contributed by atoms with Gasteiger partial charge in [-0.25, -0.2) is 0 Å². The molecule has 1 aliphatic rings. The first-order valence-electron chi connectivity index (χ1n) is 6.06. The van der Waals surface area contributed by atoms with Crippen LogP contribution in [0.1, 0.15) is 13.8 Å². The van der Waals surface area contributed by atoms with Crippen molar-refractivity contribution in [1.82, 2.24) is 5.32 Å². The molecular formula is C13H19NO4. The lowest BCUT2D eigenvalue weighted by Gasteiger charge is -2.23. The summed E-state index contributed by atoms with van der Waals surface area (Å²) in [6, 6.07) is 5.37. The van der Waals surface area contributed by atoms with Gasteiger partial charge in [-0.1, -0.05) is 6.92 Å². The lowest BCUT2D eigenvalue weighted by molar-refractivity contribution is 0.0127. The fourth-order valence-electron chi connectivity index (χ4n) is 1.65. The van der Waals surface area contributed by atoms with Crippen molar-refractivity contribution < 1.29 is 19.3 Å². The van der Waals surface area contributed by atoms with Crippen LogP contribution >= 0.6 is 0 Å². The topological polar surface area (TPSA) is 60.0 Å². The molecule has 1 heterocycles. The summed E-state index contributed by atoms with van der Waals surface area (Å²) in [4.78, 5) is 0. The maximum Gasteiger partial charge on any atom is 0.231 e. The molecule has 1 atom stereocenters. The standard InChI is InChI=1S/C13H19NO4/c1-3-14-7-13(2,15)8-16-10-4-5-11-12(6-10)18-9-17-11/h4-6,14-15H,3,7-9H2,1-2H3. The number of aliphatic hydroxyl groups is 1. The summed E-state index contributed by atoms with van der Waals surface area (Å²) in [7, 11) is 0. The lowest BCUT2D eigenvalue weighted by Crippen LogP contribution is -2.42. The van der Waals surface area contributed by atoms with Crippen molar-refractivity contribution in [2.45, 2.75) is 19.4 Å². The van der Waals surface area contributed by atoms with Gasteiger partial charge < -0.3 is 24.6 Å². The number of ether oxygens (including phenoxy) is 3. The zero-order chi connectivity index (χ0) is 13.0. The second-order valence-electron chi connectivity index (χ2n) is 4.58. The smallest absolute Gasteiger partial charge is 0.231 e. The summed E-state index contributed by atoms with van der Waals surface area (Å²) < 4.78 is 16.0. The largest absolute Gasteiger partial charge is 0.490 e. The van der Waals surface area contributed by atoms with E-state index in [1.54, 1.807) is 25.1 Å². The number of hydrogen-bond donors (Lipinski definition) is 2. The summed E-state index contributed by atoms with van der Waals surface area (Å²) in [5.74, 6) is 2.07. The Morgan fingerprint density at radius 1 is 1.39 bits per heavy atom. The van der Waals surface area contributed by atoms with Crippen molar-refractivity contribution in [2.75, 3.05) is 26.5 Å². The predicted octanol–water partition coefficient (Wildman–Crippen LogP) is 1.15. The van der Waals surface area contributed by atoms with Gasteiger partial charge in [0.05, 0.1) is 0 Å². The van der Waals surface area contributed by atoms with E-state index in [0.29, 0.717) is 18.0 Å². The first kappa shape index (κ1) is 13.0. The minimum Gasteiger partial charge on any atom is -0.490 e. The van der Waals surface area contributed by atoms with Crippen LogP contribution in [0.4, 0.5) is 0 Å². The van der Waals surface area contributed by atoms with Crippen molar-refractivity contribution in [3.63, 3.8) is 0 Å². The fraction of sp³-hybridized carbons (Fsp3) is 0.538. The van der Waals surface area contributed by atoms with E-state index in [1.807, 2.05) is 6.92 Å². The third kappa shape index (κ3) is 3.27. The Balaban J connectivity index is 1.90. The first-order chi connectivity index (χ1) is 8.61. The Kier molecular flexibility index (Phi) is 3.93. The third-order valence-electron chi connectivity index (χ3n) is 2.65. The van der Waals surface area contributed by atoms with Crippen molar-refractivity contribution in [3.05, 3.63) is 18.2 Å². The molecule has 100 valence electrons. The number of likely N-dealkylation sites (N-methyl/N-ethyl adjacent to an activating group) is 1. The molecule has 0 aromatic heterocycles. The van der Waals surface area contributed by atoms with E-state index in [2.05, 4.69) is 5.32 Å². The molecule has 0 radical (unpaired) electrons. The van der Waals surface area contributed by atoms with Gasteiger partial charge in [-0.05, 0) is 25.6 Å². The Hall–Kier alpha value is -1.46. The van der Waals surface area contributed by atoms with E-state index >= 15 is 0 Å². The molecule has 1 aromatic carbocycles. The zero-order valence-corrected chi connectivity index (χ0v) is 10.7. The van der Waals surface area contributed by atoms with E-state index in [4.69, 9.17) is 14.2 Å². The average Bonchev–Trinajstić information content (AvgIpc) is 2.81. The Bertz CT molecular complexity index is 406. The molecule has 2 rings (SSSR count). The monoisotopic (exact) mass is 253 g/mol. The molecule has 0 amide bonds. The van der Waals surface area contributed by atoms with Gasteiger partial charge in [0.15, 0.2) is 11.5 Å². The second-order valence-corrected chi connectivity index (χ2v) is 4.58. The van der Waals surface area contributed by atoms with Crippen LogP contribution in [0.5, 0.6) is 17.2 Å². The van der Waals surface area contributed by atoms with Crippen LogP contribution in [-0.2, 0) is 0 Å². The average molecular weight is 253 g/mol. The molecule has 0 aliphatic carbocycles. The molecule has 1 unspecified atom stereocenters. The molecular weight excluding hydrogens is 234 g/mol. The lowest BCUT2D eigenvalue weighted by atomic mass is 10.1. The van der Waals surface area contributed by atoms with E-state index < -0.39 is 5.60 Å². The highest BCUT2D eigenvalue weighted by molar-refractivity contribution is 5.46.